The van der Waals surface area contributed by atoms with Crippen molar-refractivity contribution in [1.29, 1.82) is 0 Å². The lowest BCUT2D eigenvalue weighted by Crippen LogP contribution is -2.24. The molecule has 3 heterocycles. The van der Waals surface area contributed by atoms with Crippen molar-refractivity contribution in [2.45, 2.75) is 32.3 Å². The average molecular weight is 477 g/mol. The lowest BCUT2D eigenvalue weighted by molar-refractivity contribution is 0.306. The van der Waals surface area contributed by atoms with Gasteiger partial charge in [0.1, 0.15) is 18.2 Å². The molecule has 2 saturated heterocycles. The maximum Gasteiger partial charge on any atom is 0.229 e. The summed E-state index contributed by atoms with van der Waals surface area (Å²) in [5.41, 5.74) is 5.06. The molecule has 2 aromatic carbocycles. The van der Waals surface area contributed by atoms with Crippen molar-refractivity contribution in [3.63, 3.8) is 0 Å². The van der Waals surface area contributed by atoms with Gasteiger partial charge in [-0.25, -0.2) is 0 Å². The molecule has 0 saturated carbocycles. The molecule has 5 rings (SSSR count). The summed E-state index contributed by atoms with van der Waals surface area (Å²) in [6.07, 6.45) is 6.55. The molecule has 0 unspecified atom stereocenters. The molecule has 1 aromatic heterocycles. The Morgan fingerprint density at radius 1 is 0.912 bits per heavy atom. The Hall–Kier alpha value is -3.32. The van der Waals surface area contributed by atoms with Crippen LogP contribution in [-0.4, -0.2) is 42.4 Å². The van der Waals surface area contributed by atoms with Crippen LogP contribution >= 0.6 is 11.6 Å². The molecule has 2 aliphatic rings. The van der Waals surface area contributed by atoms with Crippen LogP contribution in [-0.2, 0) is 6.61 Å². The second-order valence-electron chi connectivity index (χ2n) is 8.62. The first kappa shape index (κ1) is 22.5. The molecule has 0 bridgehead atoms. The predicted octanol–water partition coefficient (Wildman–Crippen LogP) is 5.36. The molecule has 0 radical (unpaired) electrons. The number of halogens is 1. The van der Waals surface area contributed by atoms with Crippen molar-refractivity contribution in [2.75, 3.05) is 41.4 Å². The normalized spacial score (nSPS) is 15.9. The number of hydrogen-bond donors (Lipinski definition) is 1. The van der Waals surface area contributed by atoms with Crippen molar-refractivity contribution in [3.8, 4) is 5.75 Å². The number of rotatable bonds is 8. The number of benzene rings is 2. The van der Waals surface area contributed by atoms with Crippen molar-refractivity contribution < 1.29 is 4.74 Å². The minimum absolute atomic E-state index is 0.458. The summed E-state index contributed by atoms with van der Waals surface area (Å²) in [6, 6.07) is 17.5. The third-order valence-electron chi connectivity index (χ3n) is 6.13. The molecule has 3 aromatic rings. The van der Waals surface area contributed by atoms with E-state index in [1.807, 2.05) is 54.6 Å². The van der Waals surface area contributed by atoms with Gasteiger partial charge < -0.3 is 14.5 Å². The van der Waals surface area contributed by atoms with Gasteiger partial charge in [0.15, 0.2) is 5.82 Å². The van der Waals surface area contributed by atoms with Crippen LogP contribution < -0.4 is 20.0 Å². The molecular weight excluding hydrogens is 448 g/mol. The zero-order chi connectivity index (χ0) is 23.2. The Morgan fingerprint density at radius 3 is 2.38 bits per heavy atom. The molecule has 2 fully saturated rings. The zero-order valence-corrected chi connectivity index (χ0v) is 19.9. The van der Waals surface area contributed by atoms with E-state index in [1.165, 1.54) is 25.7 Å². The molecule has 0 aliphatic carbocycles. The number of para-hydroxylation sites is 1. The molecule has 176 valence electrons. The lowest BCUT2D eigenvalue weighted by Gasteiger charge is -2.21. The summed E-state index contributed by atoms with van der Waals surface area (Å²) >= 11 is 5.98. The van der Waals surface area contributed by atoms with Gasteiger partial charge in [-0.15, -0.1) is 0 Å². The van der Waals surface area contributed by atoms with E-state index in [1.54, 1.807) is 6.21 Å². The van der Waals surface area contributed by atoms with Crippen LogP contribution in [0.1, 0.15) is 36.8 Å². The number of hydrazone groups is 1. The third-order valence-corrected chi connectivity index (χ3v) is 6.38. The molecular formula is C26H29ClN6O. The van der Waals surface area contributed by atoms with Gasteiger partial charge in [0.2, 0.25) is 5.95 Å². The Bertz CT molecular complexity index is 1090. The first-order valence-corrected chi connectivity index (χ1v) is 12.3. The Labute approximate surface area is 205 Å². The van der Waals surface area contributed by atoms with E-state index in [2.05, 4.69) is 20.3 Å². The lowest BCUT2D eigenvalue weighted by atomic mass is 10.2. The number of aromatic nitrogens is 2. The average Bonchev–Trinajstić information content (AvgIpc) is 3.59. The molecule has 0 spiro atoms. The van der Waals surface area contributed by atoms with Crippen molar-refractivity contribution in [3.05, 3.63) is 70.7 Å². The Kier molecular flexibility index (Phi) is 7.10. The Balaban J connectivity index is 1.30. The smallest absolute Gasteiger partial charge is 0.229 e. The minimum Gasteiger partial charge on any atom is -0.488 e. The van der Waals surface area contributed by atoms with E-state index >= 15 is 0 Å². The van der Waals surface area contributed by atoms with Crippen molar-refractivity contribution in [2.24, 2.45) is 5.10 Å². The summed E-state index contributed by atoms with van der Waals surface area (Å²) < 4.78 is 6.04. The van der Waals surface area contributed by atoms with Gasteiger partial charge in [-0.05, 0) is 55.5 Å². The summed E-state index contributed by atoms with van der Waals surface area (Å²) in [6.45, 7) is 4.55. The maximum absolute atomic E-state index is 6.04. The van der Waals surface area contributed by atoms with Crippen LogP contribution in [0, 0.1) is 0 Å². The number of anilines is 3. The quantitative estimate of drug-likeness (QED) is 0.349. The summed E-state index contributed by atoms with van der Waals surface area (Å²) in [7, 11) is 0. The summed E-state index contributed by atoms with van der Waals surface area (Å²) in [5, 5.41) is 5.19. The van der Waals surface area contributed by atoms with Gasteiger partial charge in [-0.2, -0.15) is 15.1 Å². The second-order valence-corrected chi connectivity index (χ2v) is 9.06. The van der Waals surface area contributed by atoms with Crippen LogP contribution in [0.4, 0.5) is 17.6 Å². The highest BCUT2D eigenvalue weighted by Gasteiger charge is 2.20. The first-order valence-electron chi connectivity index (χ1n) is 11.9. The van der Waals surface area contributed by atoms with E-state index < -0.39 is 0 Å². The number of hydrogen-bond acceptors (Lipinski definition) is 7. The van der Waals surface area contributed by atoms with Crippen molar-refractivity contribution in [1.82, 2.24) is 9.97 Å². The van der Waals surface area contributed by atoms with E-state index in [4.69, 9.17) is 26.3 Å². The highest BCUT2D eigenvalue weighted by Crippen LogP contribution is 2.26. The molecule has 34 heavy (non-hydrogen) atoms. The fourth-order valence-corrected chi connectivity index (χ4v) is 4.40. The second kappa shape index (κ2) is 10.7. The highest BCUT2D eigenvalue weighted by atomic mass is 35.5. The standard InChI is InChI=1S/C26H29ClN6O/c27-22-11-9-20(10-12-22)19-34-23-8-2-1-7-21(23)18-28-31-24-17-25(32-13-3-4-14-32)30-26(29-24)33-15-5-6-16-33/h1-2,7-12,17-18H,3-6,13-16,19H2,(H,29,30,31)/b28-18+. The Morgan fingerprint density at radius 2 is 1.62 bits per heavy atom. The van der Waals surface area contributed by atoms with Crippen LogP contribution in [0.2, 0.25) is 5.02 Å². The van der Waals surface area contributed by atoms with E-state index in [0.29, 0.717) is 17.4 Å². The largest absolute Gasteiger partial charge is 0.488 e. The fourth-order valence-electron chi connectivity index (χ4n) is 4.27. The molecule has 7 nitrogen and oxygen atoms in total. The van der Waals surface area contributed by atoms with E-state index in [0.717, 1.165) is 54.8 Å². The van der Waals surface area contributed by atoms with E-state index in [9.17, 15) is 0 Å². The van der Waals surface area contributed by atoms with Gasteiger partial charge in [-0.1, -0.05) is 35.9 Å². The molecule has 2 aliphatic heterocycles. The van der Waals surface area contributed by atoms with Gasteiger partial charge in [0.25, 0.3) is 0 Å². The van der Waals surface area contributed by atoms with Gasteiger partial charge in [0, 0.05) is 42.8 Å². The fraction of sp³-hybridized carbons (Fsp3) is 0.346. The number of nitrogens with zero attached hydrogens (tertiary/aromatic N) is 5. The summed E-state index contributed by atoms with van der Waals surface area (Å²) in [4.78, 5) is 14.2. The van der Waals surface area contributed by atoms with Gasteiger partial charge in [0.05, 0.1) is 6.21 Å². The van der Waals surface area contributed by atoms with Crippen molar-refractivity contribution >= 4 is 35.4 Å². The van der Waals surface area contributed by atoms with Gasteiger partial charge in [-0.3, -0.25) is 5.43 Å². The maximum atomic E-state index is 6.04. The molecule has 8 heteroatoms. The molecule has 0 amide bonds. The van der Waals surface area contributed by atoms with Crippen LogP contribution in [0.25, 0.3) is 0 Å². The molecule has 0 atom stereocenters. The van der Waals surface area contributed by atoms with Crippen LogP contribution in [0.5, 0.6) is 5.75 Å². The van der Waals surface area contributed by atoms with E-state index in [-0.39, 0.29) is 0 Å². The summed E-state index contributed by atoms with van der Waals surface area (Å²) in [5.74, 6) is 3.22. The number of nitrogens with one attached hydrogen (secondary N) is 1. The minimum atomic E-state index is 0.458. The monoisotopic (exact) mass is 476 g/mol. The molecule has 1 N–H and O–H groups in total. The van der Waals surface area contributed by atoms with Crippen LogP contribution in [0.15, 0.2) is 59.7 Å². The van der Waals surface area contributed by atoms with Gasteiger partial charge >= 0.3 is 0 Å². The third kappa shape index (κ3) is 5.59. The zero-order valence-electron chi connectivity index (χ0n) is 19.2. The first-order chi connectivity index (χ1) is 16.7. The topological polar surface area (TPSA) is 65.9 Å². The van der Waals surface area contributed by atoms with Crippen LogP contribution in [0.3, 0.4) is 0 Å². The SMILES string of the molecule is Clc1ccc(COc2ccccc2/C=N/Nc2cc(N3CCCC3)nc(N3CCCC3)n2)cc1. The number of ether oxygens (including phenoxy) is 1. The highest BCUT2D eigenvalue weighted by molar-refractivity contribution is 6.30. The predicted molar refractivity (Wildman–Crippen MR) is 138 cm³/mol.